The molecular formula is C21H28N4O2S. The van der Waals surface area contributed by atoms with Gasteiger partial charge in [-0.2, -0.15) is 0 Å². The third kappa shape index (κ3) is 5.81. The van der Waals surface area contributed by atoms with Crippen molar-refractivity contribution in [3.63, 3.8) is 0 Å². The van der Waals surface area contributed by atoms with Crippen LogP contribution in [0.2, 0.25) is 0 Å². The number of nitrogens with one attached hydrogen (secondary N) is 2. The van der Waals surface area contributed by atoms with Crippen molar-refractivity contribution in [3.05, 3.63) is 64.7 Å². The van der Waals surface area contributed by atoms with Gasteiger partial charge >= 0.3 is 0 Å². The number of hydrogen-bond acceptors (Lipinski definition) is 3. The maximum absolute atomic E-state index is 12.0. The summed E-state index contributed by atoms with van der Waals surface area (Å²) in [6, 6.07) is 13.6. The van der Waals surface area contributed by atoms with Gasteiger partial charge in [0.25, 0.3) is 0 Å². The van der Waals surface area contributed by atoms with Crippen LogP contribution in [0.3, 0.4) is 0 Å². The lowest BCUT2D eigenvalue weighted by atomic mass is 10.1. The molecule has 3 rings (SSSR count). The lowest BCUT2D eigenvalue weighted by molar-refractivity contribution is 0.569. The normalized spacial score (nSPS) is 14.3. The summed E-state index contributed by atoms with van der Waals surface area (Å²) in [5.74, 6) is 0.335. The Balaban J connectivity index is 1.56. The number of anilines is 1. The average molecular weight is 401 g/mol. The minimum atomic E-state index is -3.32. The number of benzene rings is 2. The molecule has 0 aromatic heterocycles. The molecular weight excluding hydrogens is 372 g/mol. The van der Waals surface area contributed by atoms with Gasteiger partial charge in [0.15, 0.2) is 5.96 Å². The molecule has 0 radical (unpaired) electrons. The Hall–Kier alpha value is -2.38. The van der Waals surface area contributed by atoms with Crippen molar-refractivity contribution in [2.24, 2.45) is 10.7 Å². The lowest BCUT2D eigenvalue weighted by Gasteiger charge is -2.10. The molecule has 0 atom stereocenters. The molecule has 0 aliphatic heterocycles. The molecule has 0 amide bonds. The number of hydrogen-bond donors (Lipinski definition) is 3. The summed E-state index contributed by atoms with van der Waals surface area (Å²) >= 11 is 0. The fourth-order valence-corrected chi connectivity index (χ4v) is 4.81. The van der Waals surface area contributed by atoms with E-state index in [1.165, 1.54) is 17.5 Å². The molecule has 28 heavy (non-hydrogen) atoms. The van der Waals surface area contributed by atoms with Crippen LogP contribution < -0.4 is 15.8 Å². The van der Waals surface area contributed by atoms with Crippen LogP contribution in [0.15, 0.2) is 47.5 Å². The maximum Gasteiger partial charge on any atom is 0.216 e. The van der Waals surface area contributed by atoms with E-state index in [2.05, 4.69) is 27.2 Å². The van der Waals surface area contributed by atoms with Crippen LogP contribution in [0, 0.1) is 0 Å². The zero-order chi connectivity index (χ0) is 20.1. The highest BCUT2D eigenvalue weighted by atomic mass is 32.2. The van der Waals surface area contributed by atoms with Crippen molar-refractivity contribution in [1.82, 2.24) is 4.72 Å². The van der Waals surface area contributed by atoms with Crippen molar-refractivity contribution < 1.29 is 8.42 Å². The second kappa shape index (κ2) is 8.75. The smallest absolute Gasteiger partial charge is 0.216 e. The third-order valence-corrected chi connectivity index (χ3v) is 6.14. The van der Waals surface area contributed by atoms with Crippen LogP contribution >= 0.6 is 0 Å². The van der Waals surface area contributed by atoms with Crippen LogP contribution in [0.1, 0.15) is 42.5 Å². The number of nitrogens with zero attached hydrogens (tertiary/aromatic N) is 1. The van der Waals surface area contributed by atoms with Gasteiger partial charge in [0, 0.05) is 11.7 Å². The first kappa shape index (κ1) is 20.4. The zero-order valence-corrected chi connectivity index (χ0v) is 17.2. The monoisotopic (exact) mass is 400 g/mol. The van der Waals surface area contributed by atoms with E-state index in [1.807, 2.05) is 30.3 Å². The highest BCUT2D eigenvalue weighted by Gasteiger charge is 2.13. The van der Waals surface area contributed by atoms with Gasteiger partial charge in [0.05, 0.1) is 12.3 Å². The molecule has 0 spiro atoms. The summed E-state index contributed by atoms with van der Waals surface area (Å²) in [5.41, 5.74) is 11.5. The summed E-state index contributed by atoms with van der Waals surface area (Å²) in [7, 11) is -3.32. The van der Waals surface area contributed by atoms with E-state index < -0.39 is 10.0 Å². The van der Waals surface area contributed by atoms with Crippen molar-refractivity contribution in [2.45, 2.75) is 51.4 Å². The van der Waals surface area contributed by atoms with Crippen molar-refractivity contribution in [3.8, 4) is 0 Å². The van der Waals surface area contributed by atoms with Crippen LogP contribution in [0.5, 0.6) is 0 Å². The van der Waals surface area contributed by atoms with E-state index in [0.717, 1.165) is 29.7 Å². The van der Waals surface area contributed by atoms with Gasteiger partial charge in [-0.1, -0.05) is 30.3 Å². The lowest BCUT2D eigenvalue weighted by Crippen LogP contribution is -2.31. The largest absolute Gasteiger partial charge is 0.370 e. The molecule has 0 bridgehead atoms. The molecule has 0 saturated heterocycles. The van der Waals surface area contributed by atoms with Crippen molar-refractivity contribution in [1.29, 1.82) is 0 Å². The topological polar surface area (TPSA) is 96.6 Å². The zero-order valence-electron chi connectivity index (χ0n) is 16.4. The molecule has 1 aliphatic carbocycles. The Bertz CT molecular complexity index is 951. The SMILES string of the molecule is CC(C)NS(=O)(=O)Cc1ccc(CN=C(N)Nc2ccc3c(c2)CCC3)cc1. The molecule has 0 fully saturated rings. The number of aliphatic imine (C=N–C) groups is 1. The first-order chi connectivity index (χ1) is 13.3. The van der Waals surface area contributed by atoms with Gasteiger partial charge in [0.2, 0.25) is 10.0 Å². The predicted octanol–water partition coefficient (Wildman–Crippen LogP) is 2.93. The Morgan fingerprint density at radius 3 is 2.46 bits per heavy atom. The van der Waals surface area contributed by atoms with Gasteiger partial charge in [-0.15, -0.1) is 0 Å². The molecule has 0 unspecified atom stereocenters. The summed E-state index contributed by atoms with van der Waals surface area (Å²) < 4.78 is 26.6. The van der Waals surface area contributed by atoms with Crippen LogP contribution in [0.25, 0.3) is 0 Å². The number of guanidine groups is 1. The molecule has 4 N–H and O–H groups in total. The number of sulfonamides is 1. The minimum absolute atomic E-state index is 0.0310. The van der Waals surface area contributed by atoms with Gasteiger partial charge < -0.3 is 11.1 Å². The quantitative estimate of drug-likeness (QED) is 0.492. The summed E-state index contributed by atoms with van der Waals surface area (Å²) in [4.78, 5) is 4.38. The number of fused-ring (bicyclic) bond motifs is 1. The highest BCUT2D eigenvalue weighted by molar-refractivity contribution is 7.88. The molecule has 0 saturated carbocycles. The first-order valence-corrected chi connectivity index (χ1v) is 11.2. The predicted molar refractivity (Wildman–Crippen MR) is 115 cm³/mol. The number of aryl methyl sites for hydroxylation is 2. The Kier molecular flexibility index (Phi) is 6.36. The summed E-state index contributed by atoms with van der Waals surface area (Å²) in [6.07, 6.45) is 3.49. The minimum Gasteiger partial charge on any atom is -0.370 e. The molecule has 150 valence electrons. The number of nitrogens with two attached hydrogens (primary N) is 1. The number of rotatable bonds is 7. The van der Waals surface area contributed by atoms with Gasteiger partial charge in [0.1, 0.15) is 0 Å². The van der Waals surface area contributed by atoms with Crippen molar-refractivity contribution >= 4 is 21.7 Å². The Labute approximate surface area is 167 Å². The maximum atomic E-state index is 12.0. The molecule has 2 aromatic carbocycles. The fourth-order valence-electron chi connectivity index (χ4n) is 3.37. The first-order valence-electron chi connectivity index (χ1n) is 9.57. The van der Waals surface area contributed by atoms with E-state index >= 15 is 0 Å². The van der Waals surface area contributed by atoms with Crippen LogP contribution in [-0.4, -0.2) is 20.4 Å². The Morgan fingerprint density at radius 1 is 1.07 bits per heavy atom. The molecule has 6 nitrogen and oxygen atoms in total. The molecule has 1 aliphatic rings. The van der Waals surface area contributed by atoms with Crippen LogP contribution in [-0.2, 0) is 35.2 Å². The summed E-state index contributed by atoms with van der Waals surface area (Å²) in [6.45, 7) is 4.04. The molecule has 0 heterocycles. The van der Waals surface area contributed by atoms with E-state index in [0.29, 0.717) is 12.5 Å². The summed E-state index contributed by atoms with van der Waals surface area (Å²) in [5, 5.41) is 3.14. The molecule has 2 aromatic rings. The van der Waals surface area contributed by atoms with E-state index in [-0.39, 0.29) is 11.8 Å². The second-order valence-electron chi connectivity index (χ2n) is 7.51. The average Bonchev–Trinajstić information content (AvgIpc) is 3.07. The van der Waals surface area contributed by atoms with Crippen LogP contribution in [0.4, 0.5) is 5.69 Å². The van der Waals surface area contributed by atoms with E-state index in [4.69, 9.17) is 5.73 Å². The van der Waals surface area contributed by atoms with Gasteiger partial charge in [-0.05, 0) is 67.5 Å². The fraction of sp³-hybridized carbons (Fsp3) is 0.381. The standard InChI is InChI=1S/C21H28N4O2S/c1-15(2)25-28(26,27)14-17-8-6-16(7-9-17)13-23-21(22)24-20-11-10-18-4-3-5-19(18)12-20/h6-12,15,25H,3-5,13-14H2,1-2H3,(H3,22,23,24). The Morgan fingerprint density at radius 2 is 1.75 bits per heavy atom. The van der Waals surface area contributed by atoms with Gasteiger partial charge in [-0.3, -0.25) is 0 Å². The van der Waals surface area contributed by atoms with Crippen molar-refractivity contribution in [2.75, 3.05) is 5.32 Å². The van der Waals surface area contributed by atoms with E-state index in [9.17, 15) is 8.42 Å². The second-order valence-corrected chi connectivity index (χ2v) is 9.27. The van der Waals surface area contributed by atoms with Gasteiger partial charge in [-0.25, -0.2) is 18.1 Å². The third-order valence-electron chi connectivity index (χ3n) is 4.60. The highest BCUT2D eigenvalue weighted by Crippen LogP contribution is 2.24. The molecule has 7 heteroatoms. The van der Waals surface area contributed by atoms with E-state index in [1.54, 1.807) is 13.8 Å².